The highest BCUT2D eigenvalue weighted by molar-refractivity contribution is 7.15. The van der Waals surface area contributed by atoms with Gasteiger partial charge in [0.05, 0.1) is 24.9 Å². The van der Waals surface area contributed by atoms with Gasteiger partial charge in [-0.05, 0) is 54.8 Å². The SMILES string of the molecule is CCCOc1ccc(C=c2sc3nc(=O)c(Cc4ccc(OC)cc4)nn3c2=O)cc1OCC. The summed E-state index contributed by atoms with van der Waals surface area (Å²) in [6.07, 6.45) is 2.90. The molecule has 0 aliphatic rings. The molecule has 0 aliphatic carbocycles. The minimum Gasteiger partial charge on any atom is -0.497 e. The summed E-state index contributed by atoms with van der Waals surface area (Å²) in [5, 5.41) is 4.31. The molecule has 176 valence electrons. The molecule has 2 heterocycles. The summed E-state index contributed by atoms with van der Waals surface area (Å²) >= 11 is 1.12. The smallest absolute Gasteiger partial charge is 0.296 e. The Hall–Kier alpha value is -3.72. The van der Waals surface area contributed by atoms with Crippen molar-refractivity contribution in [2.75, 3.05) is 20.3 Å². The first-order valence-corrected chi connectivity index (χ1v) is 11.8. The molecule has 0 bridgehead atoms. The van der Waals surface area contributed by atoms with E-state index in [-0.39, 0.29) is 22.6 Å². The first kappa shape index (κ1) is 23.4. The molecule has 2 aromatic heterocycles. The zero-order chi connectivity index (χ0) is 24.1. The van der Waals surface area contributed by atoms with Crippen molar-refractivity contribution >= 4 is 22.4 Å². The van der Waals surface area contributed by atoms with Crippen molar-refractivity contribution in [1.29, 1.82) is 0 Å². The van der Waals surface area contributed by atoms with E-state index >= 15 is 0 Å². The van der Waals surface area contributed by atoms with Crippen LogP contribution in [0.15, 0.2) is 52.1 Å². The summed E-state index contributed by atoms with van der Waals surface area (Å²) in [5.41, 5.74) is 1.08. The number of benzene rings is 2. The standard InChI is InChI=1S/C25H25N3O5S/c1-4-12-33-20-11-8-17(14-21(20)32-5-2)15-22-24(30)28-25(34-22)26-23(29)19(27-28)13-16-6-9-18(31-3)10-7-16/h6-11,14-15H,4-5,12-13H2,1-3H3. The van der Waals surface area contributed by atoms with Crippen molar-refractivity contribution in [2.24, 2.45) is 0 Å². The third-order valence-electron chi connectivity index (χ3n) is 5.01. The number of rotatable bonds is 9. The predicted molar refractivity (Wildman–Crippen MR) is 131 cm³/mol. The van der Waals surface area contributed by atoms with Crippen molar-refractivity contribution in [3.05, 3.63) is 84.5 Å². The normalized spacial score (nSPS) is 11.7. The number of hydrogen-bond donors (Lipinski definition) is 0. The van der Waals surface area contributed by atoms with E-state index in [1.807, 2.05) is 56.3 Å². The number of nitrogens with zero attached hydrogens (tertiary/aromatic N) is 3. The van der Waals surface area contributed by atoms with E-state index in [0.29, 0.717) is 29.2 Å². The Kier molecular flexibility index (Phi) is 7.22. The fraction of sp³-hybridized carbons (Fsp3) is 0.280. The zero-order valence-corrected chi connectivity index (χ0v) is 20.1. The number of aromatic nitrogens is 3. The van der Waals surface area contributed by atoms with Crippen molar-refractivity contribution in [3.8, 4) is 17.2 Å². The Morgan fingerprint density at radius 1 is 1.03 bits per heavy atom. The molecule has 9 heteroatoms. The van der Waals surface area contributed by atoms with E-state index in [9.17, 15) is 9.59 Å². The summed E-state index contributed by atoms with van der Waals surface area (Å²) in [6, 6.07) is 12.8. The maximum atomic E-state index is 13.0. The van der Waals surface area contributed by atoms with Gasteiger partial charge in [0.15, 0.2) is 11.5 Å². The molecule has 4 rings (SSSR count). The van der Waals surface area contributed by atoms with Crippen LogP contribution in [0.5, 0.6) is 17.2 Å². The first-order chi connectivity index (χ1) is 16.5. The molecule has 0 radical (unpaired) electrons. The van der Waals surface area contributed by atoms with Gasteiger partial charge in [-0.1, -0.05) is 36.5 Å². The Bertz CT molecular complexity index is 1460. The zero-order valence-electron chi connectivity index (χ0n) is 19.2. The van der Waals surface area contributed by atoms with Gasteiger partial charge in [0.1, 0.15) is 11.4 Å². The van der Waals surface area contributed by atoms with Gasteiger partial charge in [0.25, 0.3) is 11.1 Å². The fourth-order valence-electron chi connectivity index (χ4n) is 3.35. The predicted octanol–water partition coefficient (Wildman–Crippen LogP) is 2.85. The highest BCUT2D eigenvalue weighted by Gasteiger charge is 2.12. The number of methoxy groups -OCH3 is 1. The van der Waals surface area contributed by atoms with E-state index in [0.717, 1.165) is 34.6 Å². The molecule has 0 aliphatic heterocycles. The lowest BCUT2D eigenvalue weighted by atomic mass is 10.1. The van der Waals surface area contributed by atoms with Gasteiger partial charge < -0.3 is 14.2 Å². The van der Waals surface area contributed by atoms with E-state index < -0.39 is 5.56 Å². The van der Waals surface area contributed by atoms with E-state index in [2.05, 4.69) is 10.1 Å². The molecule has 2 aromatic carbocycles. The fourth-order valence-corrected chi connectivity index (χ4v) is 4.26. The Morgan fingerprint density at radius 2 is 1.82 bits per heavy atom. The molecule has 0 fully saturated rings. The summed E-state index contributed by atoms with van der Waals surface area (Å²) in [7, 11) is 1.59. The van der Waals surface area contributed by atoms with Gasteiger partial charge in [-0.25, -0.2) is 0 Å². The third-order valence-corrected chi connectivity index (χ3v) is 5.97. The topological polar surface area (TPSA) is 92.0 Å². The van der Waals surface area contributed by atoms with Gasteiger partial charge >= 0.3 is 0 Å². The van der Waals surface area contributed by atoms with Crippen LogP contribution in [0.4, 0.5) is 0 Å². The van der Waals surface area contributed by atoms with Crippen molar-refractivity contribution in [1.82, 2.24) is 14.6 Å². The van der Waals surface area contributed by atoms with Crippen molar-refractivity contribution in [2.45, 2.75) is 26.7 Å². The number of ether oxygens (including phenoxy) is 3. The lowest BCUT2D eigenvalue weighted by molar-refractivity contribution is 0.277. The van der Waals surface area contributed by atoms with E-state index in [1.165, 1.54) is 4.52 Å². The minimum absolute atomic E-state index is 0.208. The average molecular weight is 480 g/mol. The molecule has 0 saturated heterocycles. The molecular weight excluding hydrogens is 454 g/mol. The molecule has 0 saturated carbocycles. The molecule has 0 amide bonds. The van der Waals surface area contributed by atoms with E-state index in [4.69, 9.17) is 14.2 Å². The maximum Gasteiger partial charge on any atom is 0.296 e. The van der Waals surface area contributed by atoms with Crippen LogP contribution in [0, 0.1) is 0 Å². The number of fused-ring (bicyclic) bond motifs is 1. The van der Waals surface area contributed by atoms with Crippen molar-refractivity contribution in [3.63, 3.8) is 0 Å². The van der Waals surface area contributed by atoms with Crippen LogP contribution in [-0.4, -0.2) is 34.9 Å². The largest absolute Gasteiger partial charge is 0.497 e. The second-order valence-corrected chi connectivity index (χ2v) is 8.50. The second kappa shape index (κ2) is 10.5. The lowest BCUT2D eigenvalue weighted by Crippen LogP contribution is -2.28. The van der Waals surface area contributed by atoms with Crippen molar-refractivity contribution < 1.29 is 14.2 Å². The summed E-state index contributed by atoms with van der Waals surface area (Å²) in [4.78, 5) is 29.9. The molecule has 0 N–H and O–H groups in total. The highest BCUT2D eigenvalue weighted by Crippen LogP contribution is 2.29. The minimum atomic E-state index is -0.445. The first-order valence-electron chi connectivity index (χ1n) is 11.0. The van der Waals surface area contributed by atoms with Crippen LogP contribution in [0.1, 0.15) is 37.1 Å². The maximum absolute atomic E-state index is 13.0. The van der Waals surface area contributed by atoms with E-state index in [1.54, 1.807) is 13.2 Å². The van der Waals surface area contributed by atoms with Gasteiger partial charge in [0, 0.05) is 6.42 Å². The summed E-state index contributed by atoms with van der Waals surface area (Å²) in [6.45, 7) is 5.03. The van der Waals surface area contributed by atoms with Crippen LogP contribution in [0.2, 0.25) is 0 Å². The van der Waals surface area contributed by atoms with Gasteiger partial charge in [-0.15, -0.1) is 0 Å². The van der Waals surface area contributed by atoms with Crippen LogP contribution in [0.25, 0.3) is 11.0 Å². The third kappa shape index (κ3) is 5.09. The Labute approximate surface area is 200 Å². The molecule has 0 atom stereocenters. The second-order valence-electron chi connectivity index (χ2n) is 7.49. The molecule has 0 spiro atoms. The quantitative estimate of drug-likeness (QED) is 0.365. The van der Waals surface area contributed by atoms with Crippen LogP contribution < -0.4 is 29.9 Å². The van der Waals surface area contributed by atoms with Crippen LogP contribution >= 0.6 is 11.3 Å². The van der Waals surface area contributed by atoms with Crippen LogP contribution in [0.3, 0.4) is 0 Å². The molecular formula is C25H25N3O5S. The van der Waals surface area contributed by atoms with Gasteiger partial charge in [-0.2, -0.15) is 14.6 Å². The number of thiazole rings is 1. The average Bonchev–Trinajstić information content (AvgIpc) is 3.13. The molecule has 0 unspecified atom stereocenters. The lowest BCUT2D eigenvalue weighted by Gasteiger charge is -2.11. The molecule has 8 nitrogen and oxygen atoms in total. The summed E-state index contributed by atoms with van der Waals surface area (Å²) < 4.78 is 18.2. The van der Waals surface area contributed by atoms with Gasteiger partial charge in [0.2, 0.25) is 4.96 Å². The molecule has 4 aromatic rings. The molecule has 34 heavy (non-hydrogen) atoms. The Morgan fingerprint density at radius 3 is 2.53 bits per heavy atom. The number of hydrogen-bond acceptors (Lipinski definition) is 8. The highest BCUT2D eigenvalue weighted by atomic mass is 32.1. The Balaban J connectivity index is 1.70. The summed E-state index contributed by atoms with van der Waals surface area (Å²) in [5.74, 6) is 2.00. The van der Waals surface area contributed by atoms with Gasteiger partial charge in [-0.3, -0.25) is 9.59 Å². The van der Waals surface area contributed by atoms with Crippen LogP contribution in [-0.2, 0) is 6.42 Å². The monoisotopic (exact) mass is 479 g/mol.